The van der Waals surface area contributed by atoms with E-state index in [1.807, 2.05) is 0 Å². The number of imidazole rings is 1. The number of aliphatic hydroxyl groups excluding tert-OH is 2. The number of nitrogen functional groups attached to an aromatic ring is 1. The van der Waals surface area contributed by atoms with E-state index in [9.17, 15) is 62.7 Å². The average Bonchev–Trinajstić information content (AvgIpc) is 3.67. The zero-order valence-electron chi connectivity index (χ0n) is 31.4. The number of rotatable bonds is 24. The maximum atomic E-state index is 12.6. The fourth-order valence-electron chi connectivity index (χ4n) is 5.06. The van der Waals surface area contributed by atoms with Gasteiger partial charge in [-0.2, -0.15) is 12.6 Å². The van der Waals surface area contributed by atoms with Crippen LogP contribution < -0.4 is 35.9 Å². The second kappa shape index (κ2) is 21.8. The van der Waals surface area contributed by atoms with E-state index in [1.54, 1.807) is 0 Å². The molecule has 0 saturated carbocycles. The minimum absolute atomic E-state index is 0.0280. The molecule has 25 nitrogen and oxygen atoms in total. The summed E-state index contributed by atoms with van der Waals surface area (Å²) < 4.78 is 61.0. The molecular weight excluding hydrogens is 911 g/mol. The van der Waals surface area contributed by atoms with E-state index >= 15 is 0 Å². The Morgan fingerprint density at radius 1 is 1.05 bits per heavy atom. The van der Waals surface area contributed by atoms with Gasteiger partial charge in [0.1, 0.15) is 36.3 Å². The van der Waals surface area contributed by atoms with Crippen LogP contribution in [0, 0.1) is 5.41 Å². The maximum absolute atomic E-state index is 12.6. The fraction of sp³-hybridized carbons (Fsp3) is 0.679. The number of hydrogen-bond acceptors (Lipinski definition) is 25. The van der Waals surface area contributed by atoms with Crippen molar-refractivity contribution in [3.05, 3.63) is 12.7 Å². The quantitative estimate of drug-likeness (QED) is 0.0269. The van der Waals surface area contributed by atoms with Crippen LogP contribution in [0.25, 0.3) is 11.2 Å². The van der Waals surface area contributed by atoms with Crippen LogP contribution in [0.3, 0.4) is 0 Å². The smallest absolute Gasteiger partial charge is 0.274 e. The van der Waals surface area contributed by atoms with Crippen molar-refractivity contribution in [3.8, 4) is 0 Å². The highest BCUT2D eigenvalue weighted by Gasteiger charge is 2.55. The lowest BCUT2D eigenvalue weighted by Crippen LogP contribution is -2.46. The van der Waals surface area contributed by atoms with Gasteiger partial charge in [0.2, 0.25) is 11.8 Å². The molecule has 2 amide bonds. The van der Waals surface area contributed by atoms with Gasteiger partial charge in [0.25, 0.3) is 15.6 Å². The van der Waals surface area contributed by atoms with Crippen molar-refractivity contribution < 1.29 is 85.3 Å². The molecule has 0 aromatic carbocycles. The van der Waals surface area contributed by atoms with Crippen LogP contribution in [0.5, 0.6) is 0 Å². The number of carbonyl (C=O) groups excluding carboxylic acids is 4. The number of aliphatic hydroxyl groups is 2. The molecular formula is C28H42N7O18P3S3-4. The van der Waals surface area contributed by atoms with E-state index in [1.165, 1.54) is 20.8 Å². The summed E-state index contributed by atoms with van der Waals surface area (Å²) in [4.78, 5) is 108. The van der Waals surface area contributed by atoms with Crippen molar-refractivity contribution in [3.63, 3.8) is 0 Å². The van der Waals surface area contributed by atoms with Crippen LogP contribution in [0.15, 0.2) is 12.7 Å². The monoisotopic (exact) mass is 953 g/mol. The van der Waals surface area contributed by atoms with Gasteiger partial charge < -0.3 is 69.0 Å². The van der Waals surface area contributed by atoms with Crippen molar-refractivity contribution in [1.82, 2.24) is 30.2 Å². The molecule has 2 aromatic heterocycles. The van der Waals surface area contributed by atoms with Gasteiger partial charge in [-0.3, -0.25) is 32.9 Å². The number of nitrogens with one attached hydrogen (secondary N) is 2. The third-order valence-electron chi connectivity index (χ3n) is 8.08. The van der Waals surface area contributed by atoms with Crippen LogP contribution in [0.1, 0.15) is 40.0 Å². The van der Waals surface area contributed by atoms with E-state index in [0.29, 0.717) is 11.5 Å². The fourth-order valence-corrected chi connectivity index (χ4v) is 9.66. The number of phosphoric acid groups is 3. The Morgan fingerprint density at radius 2 is 1.69 bits per heavy atom. The van der Waals surface area contributed by atoms with Gasteiger partial charge in [0, 0.05) is 36.4 Å². The Hall–Kier alpha value is -2.07. The molecule has 1 aliphatic rings. The maximum Gasteiger partial charge on any atom is 0.274 e. The first-order valence-corrected chi connectivity index (χ1v) is 24.1. The summed E-state index contributed by atoms with van der Waals surface area (Å²) in [5.74, 6) is -0.269. The molecule has 1 fully saturated rings. The van der Waals surface area contributed by atoms with Gasteiger partial charge in [-0.05, 0) is 19.1 Å². The third kappa shape index (κ3) is 15.7. The number of anilines is 1. The Balaban J connectivity index is 1.48. The Kier molecular flexibility index (Phi) is 19.0. The molecule has 7 unspecified atom stereocenters. The highest BCUT2D eigenvalue weighted by molar-refractivity contribution is 8.15. The first-order chi connectivity index (χ1) is 27.3. The number of hydrogen-bond donors (Lipinski definition) is 6. The number of thiol groups is 1. The number of aromatic nitrogens is 4. The Morgan fingerprint density at radius 3 is 2.34 bits per heavy atom. The molecule has 0 bridgehead atoms. The summed E-state index contributed by atoms with van der Waals surface area (Å²) >= 11 is 5.98. The molecule has 31 heteroatoms. The van der Waals surface area contributed by atoms with Gasteiger partial charge in [-0.15, -0.1) is 0 Å². The molecule has 0 aliphatic carbocycles. The normalized spacial score (nSPS) is 22.4. The zero-order valence-corrected chi connectivity index (χ0v) is 36.6. The number of nitrogens with two attached hydrogens (primary N) is 1. The van der Waals surface area contributed by atoms with Gasteiger partial charge in [0.05, 0.1) is 33.8 Å². The van der Waals surface area contributed by atoms with Crippen molar-refractivity contribution >= 4 is 98.6 Å². The lowest BCUT2D eigenvalue weighted by atomic mass is 9.87. The third-order valence-corrected chi connectivity index (χ3v) is 13.2. The van der Waals surface area contributed by atoms with E-state index in [4.69, 9.17) is 10.5 Å². The van der Waals surface area contributed by atoms with Gasteiger partial charge in [0.15, 0.2) is 27.4 Å². The van der Waals surface area contributed by atoms with Crippen LogP contribution in [0.2, 0.25) is 0 Å². The molecule has 59 heavy (non-hydrogen) atoms. The molecule has 2 aromatic rings. The summed E-state index contributed by atoms with van der Waals surface area (Å²) in [6.07, 6.45) is -5.72. The van der Waals surface area contributed by atoms with Crippen molar-refractivity contribution in [2.24, 2.45) is 5.41 Å². The summed E-state index contributed by atoms with van der Waals surface area (Å²) in [6, 6.07) is 0. The predicted molar refractivity (Wildman–Crippen MR) is 203 cm³/mol. The molecule has 0 radical (unpaired) electrons. The highest BCUT2D eigenvalue weighted by atomic mass is 32.2. The molecule has 334 valence electrons. The van der Waals surface area contributed by atoms with E-state index in [-0.39, 0.29) is 58.9 Å². The van der Waals surface area contributed by atoms with Gasteiger partial charge >= 0.3 is 0 Å². The molecule has 0 spiro atoms. The Labute approximate surface area is 350 Å². The predicted octanol–water partition coefficient (Wildman–Crippen LogP) is -2.72. The SMILES string of the molecule is CC(C)(COP(=O)([O-])OP(=O)([O-])OCC1OC(C)(n2cnc3c(N)ncnc32)C(O)C1OP(=O)([O-])[O-])C(O)C(=O)NCCC(=O)NCCSC(=O)CC(=O)SCCCS. The topological polar surface area (TPSA) is 392 Å². The zero-order chi connectivity index (χ0) is 44.4. The van der Waals surface area contributed by atoms with Crippen molar-refractivity contribution in [2.75, 3.05) is 49.3 Å². The molecule has 1 aliphatic heterocycles. The highest BCUT2D eigenvalue weighted by Crippen LogP contribution is 2.56. The number of phosphoric ester groups is 3. The van der Waals surface area contributed by atoms with Gasteiger partial charge in [-0.1, -0.05) is 37.4 Å². The molecule has 6 N–H and O–H groups in total. The number of carbonyl (C=O) groups is 4. The molecule has 3 rings (SSSR count). The molecule has 3 heterocycles. The number of fused-ring (bicyclic) bond motifs is 1. The standard InChI is InChI=1S/C28H46N7O18P3S3/c1-27(2,23(40)26(41)31-6-5-17(36)30-7-10-59-19(38)11-18(37)58-9-4-8-57)13-50-56(47,48)53-55(45,46)49-12-16-21(52-54(42,43)44)22(39)28(3,51-16)35-15-34-20-24(29)32-14-33-25(20)35/h14-16,21-23,39-40,57H,4-13H2,1-3H3,(H,30,36)(H,31,41)(H,45,46)(H,47,48)(H2,29,32,33)(H2,42,43,44)/p-4. The van der Waals surface area contributed by atoms with Crippen LogP contribution in [0.4, 0.5) is 5.82 Å². The Bertz CT molecular complexity index is 1960. The first kappa shape index (κ1) is 51.3. The molecule has 1 saturated heterocycles. The number of amides is 2. The average molecular weight is 954 g/mol. The number of nitrogens with zero attached hydrogens (tertiary/aromatic N) is 4. The van der Waals surface area contributed by atoms with Crippen LogP contribution in [-0.2, 0) is 61.2 Å². The summed E-state index contributed by atoms with van der Waals surface area (Å²) in [7, 11) is -17.7. The van der Waals surface area contributed by atoms with Crippen molar-refractivity contribution in [1.29, 1.82) is 0 Å². The lowest BCUT2D eigenvalue weighted by molar-refractivity contribution is -0.347. The van der Waals surface area contributed by atoms with Gasteiger partial charge in [-0.25, -0.2) is 19.3 Å². The van der Waals surface area contributed by atoms with E-state index in [2.05, 4.69) is 56.1 Å². The summed E-state index contributed by atoms with van der Waals surface area (Å²) in [5.41, 5.74) is 1.97. The minimum atomic E-state index is -5.95. The van der Waals surface area contributed by atoms with Crippen molar-refractivity contribution in [2.45, 2.75) is 70.2 Å². The summed E-state index contributed by atoms with van der Waals surface area (Å²) in [6.45, 7) is 1.03. The van der Waals surface area contributed by atoms with Crippen LogP contribution >= 0.6 is 59.6 Å². The minimum Gasteiger partial charge on any atom is -0.790 e. The summed E-state index contributed by atoms with van der Waals surface area (Å²) in [5, 5.41) is 25.8. The second-order valence-electron chi connectivity index (χ2n) is 13.2. The van der Waals surface area contributed by atoms with E-state index < -0.39 is 84.1 Å². The van der Waals surface area contributed by atoms with E-state index in [0.717, 1.165) is 47.2 Å². The number of thioether (sulfide) groups is 2. The first-order valence-electron chi connectivity index (χ1n) is 17.1. The number of ether oxygens (including phenoxy) is 1. The largest absolute Gasteiger partial charge is 0.790 e. The van der Waals surface area contributed by atoms with Crippen LogP contribution in [-0.4, -0.2) is 120 Å². The lowest BCUT2D eigenvalue weighted by Gasteiger charge is -2.36. The molecule has 7 atom stereocenters. The second-order valence-corrected chi connectivity index (χ2v) is 20.1.